The van der Waals surface area contributed by atoms with Crippen LogP contribution in [0, 0.1) is 0 Å². The fraction of sp³-hybridized carbons (Fsp3) is 0.444. The van der Waals surface area contributed by atoms with Gasteiger partial charge < -0.3 is 5.32 Å². The lowest BCUT2D eigenvalue weighted by Gasteiger charge is -2.11. The lowest BCUT2D eigenvalue weighted by atomic mass is 10.2. The summed E-state index contributed by atoms with van der Waals surface area (Å²) in [4.78, 5) is 19.1. The predicted octanol–water partition coefficient (Wildman–Crippen LogP) is 1.06. The molecule has 70 valence electrons. The highest BCUT2D eigenvalue weighted by Gasteiger charge is 2.08. The number of carbonyl (C=O) groups excluding carboxylic acids is 1. The normalized spacial score (nSPS) is 12.2. The smallest absolute Gasteiger partial charge is 0.220 e. The Labute approximate surface area is 77.4 Å². The molecule has 0 bridgehead atoms. The summed E-state index contributed by atoms with van der Waals surface area (Å²) in [5.41, 5.74) is 0.782. The number of amides is 1. The molecule has 1 atom stereocenters. The van der Waals surface area contributed by atoms with Crippen LogP contribution in [0.5, 0.6) is 0 Å². The van der Waals surface area contributed by atoms with Crippen molar-refractivity contribution in [2.45, 2.75) is 26.3 Å². The standard InChI is InChI=1S/C9H13N3O/c1-3-9(13)12-7(2)8-6-10-4-5-11-8/h4-7H,3H2,1-2H3,(H,12,13)/t7-/m0/s1. The molecule has 4 heteroatoms. The summed E-state index contributed by atoms with van der Waals surface area (Å²) in [6.45, 7) is 3.70. The van der Waals surface area contributed by atoms with Gasteiger partial charge in [-0.15, -0.1) is 0 Å². The molecule has 1 aromatic heterocycles. The lowest BCUT2D eigenvalue weighted by molar-refractivity contribution is -0.121. The maximum atomic E-state index is 11.0. The molecule has 1 rings (SSSR count). The number of nitrogens with zero attached hydrogens (tertiary/aromatic N) is 2. The van der Waals surface area contributed by atoms with Gasteiger partial charge in [-0.1, -0.05) is 6.92 Å². The zero-order valence-corrected chi connectivity index (χ0v) is 7.82. The van der Waals surface area contributed by atoms with E-state index in [1.54, 1.807) is 18.6 Å². The van der Waals surface area contributed by atoms with Gasteiger partial charge in [0.1, 0.15) is 0 Å². The van der Waals surface area contributed by atoms with Gasteiger partial charge in [-0.2, -0.15) is 0 Å². The van der Waals surface area contributed by atoms with E-state index in [1.807, 2.05) is 13.8 Å². The highest BCUT2D eigenvalue weighted by Crippen LogP contribution is 2.05. The van der Waals surface area contributed by atoms with Crippen molar-refractivity contribution in [2.24, 2.45) is 0 Å². The van der Waals surface area contributed by atoms with Crippen molar-refractivity contribution in [3.8, 4) is 0 Å². The summed E-state index contributed by atoms with van der Waals surface area (Å²) < 4.78 is 0. The van der Waals surface area contributed by atoms with Gasteiger partial charge in [0, 0.05) is 18.8 Å². The number of nitrogens with one attached hydrogen (secondary N) is 1. The molecule has 0 aromatic carbocycles. The molecule has 0 spiro atoms. The first-order chi connectivity index (χ1) is 6.24. The first kappa shape index (κ1) is 9.64. The number of hydrogen-bond acceptors (Lipinski definition) is 3. The Morgan fingerprint density at radius 1 is 1.62 bits per heavy atom. The van der Waals surface area contributed by atoms with Crippen LogP contribution in [-0.2, 0) is 4.79 Å². The molecular weight excluding hydrogens is 166 g/mol. The highest BCUT2D eigenvalue weighted by molar-refractivity contribution is 5.75. The minimum atomic E-state index is -0.0684. The van der Waals surface area contributed by atoms with E-state index in [1.165, 1.54) is 0 Å². The minimum Gasteiger partial charge on any atom is -0.348 e. The molecule has 0 aliphatic carbocycles. The van der Waals surface area contributed by atoms with Crippen molar-refractivity contribution in [3.05, 3.63) is 24.3 Å². The molecule has 4 nitrogen and oxygen atoms in total. The largest absolute Gasteiger partial charge is 0.348 e. The van der Waals surface area contributed by atoms with Crippen molar-refractivity contribution in [3.63, 3.8) is 0 Å². The summed E-state index contributed by atoms with van der Waals surface area (Å²) in [6.07, 6.45) is 5.37. The fourth-order valence-corrected chi connectivity index (χ4v) is 0.952. The highest BCUT2D eigenvalue weighted by atomic mass is 16.1. The average molecular weight is 179 g/mol. The molecule has 1 heterocycles. The summed E-state index contributed by atoms with van der Waals surface area (Å²) >= 11 is 0. The lowest BCUT2D eigenvalue weighted by Crippen LogP contribution is -2.26. The second-order valence-electron chi connectivity index (χ2n) is 2.77. The van der Waals surface area contributed by atoms with Crippen LogP contribution in [0.15, 0.2) is 18.6 Å². The zero-order chi connectivity index (χ0) is 9.68. The van der Waals surface area contributed by atoms with Crippen molar-refractivity contribution < 1.29 is 4.79 Å². The fourth-order valence-electron chi connectivity index (χ4n) is 0.952. The number of rotatable bonds is 3. The van der Waals surface area contributed by atoms with Gasteiger partial charge >= 0.3 is 0 Å². The molecule has 1 aromatic rings. The predicted molar refractivity (Wildman–Crippen MR) is 48.9 cm³/mol. The van der Waals surface area contributed by atoms with Gasteiger partial charge in [0.15, 0.2) is 0 Å². The van der Waals surface area contributed by atoms with Crippen LogP contribution in [0.2, 0.25) is 0 Å². The summed E-state index contributed by atoms with van der Waals surface area (Å²) in [5.74, 6) is 0.0261. The van der Waals surface area contributed by atoms with E-state index in [4.69, 9.17) is 0 Å². The molecule has 1 N–H and O–H groups in total. The summed E-state index contributed by atoms with van der Waals surface area (Å²) in [7, 11) is 0. The van der Waals surface area contributed by atoms with Crippen molar-refractivity contribution in [1.29, 1.82) is 0 Å². The molecule has 0 fully saturated rings. The van der Waals surface area contributed by atoms with Crippen LogP contribution >= 0.6 is 0 Å². The maximum Gasteiger partial charge on any atom is 0.220 e. The van der Waals surface area contributed by atoms with E-state index in [2.05, 4.69) is 15.3 Å². The van der Waals surface area contributed by atoms with E-state index in [0.29, 0.717) is 6.42 Å². The molecular formula is C9H13N3O. The van der Waals surface area contributed by atoms with E-state index in [-0.39, 0.29) is 11.9 Å². The third kappa shape index (κ3) is 2.82. The Kier molecular flexibility index (Phi) is 3.37. The number of carbonyl (C=O) groups is 1. The van der Waals surface area contributed by atoms with Gasteiger partial charge in [0.25, 0.3) is 0 Å². The molecule has 1 amide bonds. The van der Waals surface area contributed by atoms with Gasteiger partial charge in [0.2, 0.25) is 5.91 Å². The van der Waals surface area contributed by atoms with E-state index < -0.39 is 0 Å². The topological polar surface area (TPSA) is 54.9 Å². The Morgan fingerprint density at radius 2 is 2.38 bits per heavy atom. The third-order valence-corrected chi connectivity index (χ3v) is 1.73. The van der Waals surface area contributed by atoms with Crippen molar-refractivity contribution in [1.82, 2.24) is 15.3 Å². The molecule has 0 unspecified atom stereocenters. The number of aromatic nitrogens is 2. The molecule has 0 saturated heterocycles. The monoisotopic (exact) mass is 179 g/mol. The molecule has 0 radical (unpaired) electrons. The average Bonchev–Trinajstić information content (AvgIpc) is 2.19. The van der Waals surface area contributed by atoms with Crippen LogP contribution in [-0.4, -0.2) is 15.9 Å². The first-order valence-corrected chi connectivity index (χ1v) is 4.29. The third-order valence-electron chi connectivity index (χ3n) is 1.73. The Morgan fingerprint density at radius 3 is 2.92 bits per heavy atom. The number of hydrogen-bond donors (Lipinski definition) is 1. The Bertz CT molecular complexity index is 273. The van der Waals surface area contributed by atoms with E-state index >= 15 is 0 Å². The SMILES string of the molecule is CCC(=O)N[C@@H](C)c1cnccn1. The van der Waals surface area contributed by atoms with Crippen LogP contribution in [0.4, 0.5) is 0 Å². The maximum absolute atomic E-state index is 11.0. The molecule has 0 aliphatic rings. The summed E-state index contributed by atoms with van der Waals surface area (Å²) in [6, 6.07) is -0.0684. The minimum absolute atomic E-state index is 0.0261. The van der Waals surface area contributed by atoms with Crippen LogP contribution in [0.25, 0.3) is 0 Å². The molecule has 0 saturated carbocycles. The van der Waals surface area contributed by atoms with E-state index in [9.17, 15) is 4.79 Å². The molecule has 0 aliphatic heterocycles. The van der Waals surface area contributed by atoms with E-state index in [0.717, 1.165) is 5.69 Å². The zero-order valence-electron chi connectivity index (χ0n) is 7.82. The Balaban J connectivity index is 2.59. The quantitative estimate of drug-likeness (QED) is 0.755. The van der Waals surface area contributed by atoms with Gasteiger partial charge in [-0.05, 0) is 6.92 Å². The second-order valence-corrected chi connectivity index (χ2v) is 2.77. The first-order valence-electron chi connectivity index (χ1n) is 4.29. The van der Waals surface area contributed by atoms with Crippen LogP contribution in [0.1, 0.15) is 32.0 Å². The van der Waals surface area contributed by atoms with Crippen LogP contribution < -0.4 is 5.32 Å². The van der Waals surface area contributed by atoms with Crippen molar-refractivity contribution >= 4 is 5.91 Å². The van der Waals surface area contributed by atoms with Crippen molar-refractivity contribution in [2.75, 3.05) is 0 Å². The van der Waals surface area contributed by atoms with Crippen LogP contribution in [0.3, 0.4) is 0 Å². The van der Waals surface area contributed by atoms with Gasteiger partial charge in [-0.25, -0.2) is 0 Å². The van der Waals surface area contributed by atoms with Gasteiger partial charge in [0.05, 0.1) is 17.9 Å². The van der Waals surface area contributed by atoms with Gasteiger partial charge in [-0.3, -0.25) is 14.8 Å². The molecule has 13 heavy (non-hydrogen) atoms. The Hall–Kier alpha value is -1.45. The second kappa shape index (κ2) is 4.54. The summed E-state index contributed by atoms with van der Waals surface area (Å²) in [5, 5.41) is 2.80.